The third-order valence-corrected chi connectivity index (χ3v) is 5.59. The van der Waals surface area contributed by atoms with Gasteiger partial charge in [-0.25, -0.2) is 13.4 Å². The Morgan fingerprint density at radius 3 is 2.54 bits per heavy atom. The lowest BCUT2D eigenvalue weighted by molar-refractivity contribution is 0.0827. The number of anilines is 1. The van der Waals surface area contributed by atoms with Gasteiger partial charge in [-0.05, 0) is 37.6 Å². The molecule has 0 fully saturated rings. The number of hydrogen-bond acceptors (Lipinski definition) is 5. The second kappa shape index (κ2) is 6.39. The molecule has 0 radical (unpaired) electrons. The fraction of sp³-hybridized carbons (Fsp3) is 0.471. The predicted octanol–water partition coefficient (Wildman–Crippen LogP) is 1.47. The van der Waals surface area contributed by atoms with Crippen molar-refractivity contribution in [2.45, 2.75) is 25.8 Å². The van der Waals surface area contributed by atoms with E-state index in [1.807, 2.05) is 13.8 Å². The van der Waals surface area contributed by atoms with E-state index in [1.54, 1.807) is 43.3 Å². The van der Waals surface area contributed by atoms with Gasteiger partial charge in [-0.1, -0.05) is 0 Å². The molecule has 0 saturated heterocycles. The molecule has 2 aromatic rings. The van der Waals surface area contributed by atoms with Crippen molar-refractivity contribution in [3.63, 3.8) is 0 Å². The second-order valence-electron chi connectivity index (χ2n) is 7.00. The highest BCUT2D eigenvalue weighted by atomic mass is 32.2. The lowest BCUT2D eigenvalue weighted by Crippen LogP contribution is -2.29. The lowest BCUT2D eigenvalue weighted by Gasteiger charge is -2.17. The van der Waals surface area contributed by atoms with Crippen molar-refractivity contribution in [2.24, 2.45) is 0 Å². The minimum absolute atomic E-state index is 0.134. The maximum absolute atomic E-state index is 12.3. The number of fused-ring (bicyclic) bond motifs is 1. The summed E-state index contributed by atoms with van der Waals surface area (Å²) in [5.41, 5.74) is 1.84. The first-order valence-electron chi connectivity index (χ1n) is 8.34. The van der Waals surface area contributed by atoms with Gasteiger partial charge in [0.1, 0.15) is 6.33 Å². The number of carbonyl (C=O) groups is 1. The van der Waals surface area contributed by atoms with Crippen LogP contribution in [-0.4, -0.2) is 60.9 Å². The van der Waals surface area contributed by atoms with Crippen LogP contribution in [0.25, 0.3) is 0 Å². The normalized spacial score (nSPS) is 16.8. The molecule has 140 valence electrons. The summed E-state index contributed by atoms with van der Waals surface area (Å²) in [5.74, 6) is 0.111. The first-order chi connectivity index (χ1) is 12.1. The molecular formula is C17H23N5O3S. The Morgan fingerprint density at radius 1 is 1.31 bits per heavy atom. The molecule has 1 aromatic heterocycles. The average molecular weight is 377 g/mol. The number of sulfonamides is 1. The molecular weight excluding hydrogens is 354 g/mol. The highest BCUT2D eigenvalue weighted by molar-refractivity contribution is 7.92. The third-order valence-electron chi connectivity index (χ3n) is 4.44. The number of amides is 1. The van der Waals surface area contributed by atoms with Crippen LogP contribution < -0.4 is 4.31 Å². The van der Waals surface area contributed by atoms with Crippen molar-refractivity contribution in [1.29, 1.82) is 0 Å². The van der Waals surface area contributed by atoms with Crippen LogP contribution in [-0.2, 0) is 10.0 Å². The molecule has 8 nitrogen and oxygen atoms in total. The largest absolute Gasteiger partial charge is 0.345 e. The summed E-state index contributed by atoms with van der Waals surface area (Å²) in [6.07, 6.45) is 2.83. The Balaban J connectivity index is 2.11. The zero-order valence-corrected chi connectivity index (χ0v) is 16.4. The van der Waals surface area contributed by atoms with E-state index in [0.717, 1.165) is 5.56 Å². The number of benzene rings is 1. The topological polar surface area (TPSA) is 88.4 Å². The Labute approximate surface area is 153 Å². The fourth-order valence-corrected chi connectivity index (χ4v) is 3.99. The van der Waals surface area contributed by atoms with Gasteiger partial charge in [-0.15, -0.1) is 0 Å². The Hall–Kier alpha value is -2.42. The van der Waals surface area contributed by atoms with Crippen molar-refractivity contribution in [2.75, 3.05) is 31.2 Å². The van der Waals surface area contributed by atoms with Crippen molar-refractivity contribution in [3.8, 4) is 0 Å². The first kappa shape index (κ1) is 18.4. The van der Waals surface area contributed by atoms with Gasteiger partial charge in [0.25, 0.3) is 5.91 Å². The average Bonchev–Trinajstić information content (AvgIpc) is 3.17. The van der Waals surface area contributed by atoms with Gasteiger partial charge in [0.2, 0.25) is 10.0 Å². The highest BCUT2D eigenvalue weighted by Gasteiger charge is 2.37. The summed E-state index contributed by atoms with van der Waals surface area (Å²) in [7, 11) is -0.0757. The van der Waals surface area contributed by atoms with Gasteiger partial charge in [0, 0.05) is 32.2 Å². The lowest BCUT2D eigenvalue weighted by atomic mass is 9.98. The van der Waals surface area contributed by atoms with Crippen molar-refractivity contribution < 1.29 is 13.2 Å². The van der Waals surface area contributed by atoms with Crippen molar-refractivity contribution in [3.05, 3.63) is 41.5 Å². The van der Waals surface area contributed by atoms with E-state index >= 15 is 0 Å². The Bertz CT molecular complexity index is 949. The zero-order chi connectivity index (χ0) is 19.2. The zero-order valence-electron chi connectivity index (χ0n) is 15.5. The minimum atomic E-state index is -3.44. The van der Waals surface area contributed by atoms with Gasteiger partial charge in [0.15, 0.2) is 5.82 Å². The summed E-state index contributed by atoms with van der Waals surface area (Å²) in [6, 6.07) is 5.25. The van der Waals surface area contributed by atoms with Crippen molar-refractivity contribution in [1.82, 2.24) is 19.7 Å². The van der Waals surface area contributed by atoms with E-state index in [-0.39, 0.29) is 24.4 Å². The van der Waals surface area contributed by atoms with E-state index in [0.29, 0.717) is 17.1 Å². The number of aromatic nitrogens is 3. The molecule has 26 heavy (non-hydrogen) atoms. The fourth-order valence-electron chi connectivity index (χ4n) is 3.05. The molecule has 0 N–H and O–H groups in total. The highest BCUT2D eigenvalue weighted by Crippen LogP contribution is 2.41. The number of nitrogens with zero attached hydrogens (tertiary/aromatic N) is 5. The van der Waals surface area contributed by atoms with Crippen LogP contribution in [0.5, 0.6) is 0 Å². The van der Waals surface area contributed by atoms with Crippen LogP contribution in [0, 0.1) is 0 Å². The summed E-state index contributed by atoms with van der Waals surface area (Å²) in [6.45, 7) is 4.23. The van der Waals surface area contributed by atoms with E-state index in [2.05, 4.69) is 10.1 Å². The summed E-state index contributed by atoms with van der Waals surface area (Å²) in [5, 5.41) is 4.51. The minimum Gasteiger partial charge on any atom is -0.345 e. The molecule has 0 aliphatic carbocycles. The quantitative estimate of drug-likeness (QED) is 0.805. The van der Waals surface area contributed by atoms with E-state index in [4.69, 9.17) is 0 Å². The maximum Gasteiger partial charge on any atom is 0.253 e. The second-order valence-corrected chi connectivity index (χ2v) is 8.90. The number of rotatable bonds is 4. The molecule has 0 unspecified atom stereocenters. The number of carbonyl (C=O) groups excluding carboxylic acids is 1. The molecule has 1 atom stereocenters. The summed E-state index contributed by atoms with van der Waals surface area (Å²) in [4.78, 5) is 18.2. The maximum atomic E-state index is 12.3. The molecule has 0 bridgehead atoms. The van der Waals surface area contributed by atoms with Crippen LogP contribution in [0.1, 0.15) is 47.6 Å². The molecule has 0 spiro atoms. The van der Waals surface area contributed by atoms with Gasteiger partial charge in [-0.2, -0.15) is 5.10 Å². The molecule has 1 amide bonds. The summed E-state index contributed by atoms with van der Waals surface area (Å²) < 4.78 is 27.5. The van der Waals surface area contributed by atoms with E-state index in [1.165, 1.54) is 15.5 Å². The van der Waals surface area contributed by atoms with Crippen LogP contribution >= 0.6 is 0 Å². The van der Waals surface area contributed by atoms with Crippen LogP contribution in [0.3, 0.4) is 0 Å². The van der Waals surface area contributed by atoms with Crippen LogP contribution in [0.2, 0.25) is 0 Å². The summed E-state index contributed by atoms with van der Waals surface area (Å²) >= 11 is 0. The van der Waals surface area contributed by atoms with Gasteiger partial charge in [0.05, 0.1) is 17.9 Å². The standard InChI is InChI=1S/C17H23N5O3S/c1-11(2)21-10-18-16(19-21)14-9-22(26(5,24)25)15-7-6-12(8-13(14)15)17(23)20(3)4/h6-8,10-11,14H,9H2,1-5H3/t14-/m1/s1. The predicted molar refractivity (Wildman–Crippen MR) is 98.9 cm³/mol. The molecule has 9 heteroatoms. The number of hydrogen-bond donors (Lipinski definition) is 0. The monoisotopic (exact) mass is 377 g/mol. The Morgan fingerprint density at radius 2 is 2.00 bits per heavy atom. The molecule has 1 aliphatic rings. The van der Waals surface area contributed by atoms with E-state index in [9.17, 15) is 13.2 Å². The SMILES string of the molecule is CC(C)n1cnc([C@@H]2CN(S(C)(=O)=O)c3ccc(C(=O)N(C)C)cc32)n1. The van der Waals surface area contributed by atoms with Crippen molar-refractivity contribution >= 4 is 21.6 Å². The third kappa shape index (κ3) is 3.18. The molecule has 1 aliphatic heterocycles. The van der Waals surface area contributed by atoms with Crippen LogP contribution in [0.4, 0.5) is 5.69 Å². The van der Waals surface area contributed by atoms with Gasteiger partial charge >= 0.3 is 0 Å². The molecule has 1 aromatic carbocycles. The van der Waals surface area contributed by atoms with Gasteiger partial charge < -0.3 is 4.90 Å². The smallest absolute Gasteiger partial charge is 0.253 e. The molecule has 3 rings (SSSR count). The first-order valence-corrected chi connectivity index (χ1v) is 10.2. The van der Waals surface area contributed by atoms with Gasteiger partial charge in [-0.3, -0.25) is 13.8 Å². The molecule has 2 heterocycles. The van der Waals surface area contributed by atoms with E-state index < -0.39 is 10.0 Å². The Kier molecular flexibility index (Phi) is 4.51. The van der Waals surface area contributed by atoms with Crippen LogP contribution in [0.15, 0.2) is 24.5 Å². The molecule has 0 saturated carbocycles.